The van der Waals surface area contributed by atoms with Crippen LogP contribution < -0.4 is 5.32 Å². The second-order valence-electron chi connectivity index (χ2n) is 4.20. The normalized spacial score (nSPS) is 23.2. The second kappa shape index (κ2) is 4.77. The Morgan fingerprint density at radius 3 is 3.20 bits per heavy atom. The van der Waals surface area contributed by atoms with Gasteiger partial charge in [-0.3, -0.25) is 0 Å². The summed E-state index contributed by atoms with van der Waals surface area (Å²) < 4.78 is 5.62. The number of aromatic amines is 1. The third-order valence-corrected chi connectivity index (χ3v) is 3.05. The molecule has 1 aliphatic heterocycles. The van der Waals surface area contributed by atoms with E-state index >= 15 is 0 Å². The van der Waals surface area contributed by atoms with Gasteiger partial charge in [-0.15, -0.1) is 0 Å². The maximum Gasteiger partial charge on any atom is 0.0925 e. The second-order valence-corrected chi connectivity index (χ2v) is 4.20. The van der Waals surface area contributed by atoms with Crippen molar-refractivity contribution in [2.45, 2.75) is 45.4 Å². The smallest absolute Gasteiger partial charge is 0.0925 e. The summed E-state index contributed by atoms with van der Waals surface area (Å²) in [5.41, 5.74) is 2.24. The van der Waals surface area contributed by atoms with Gasteiger partial charge in [-0.25, -0.2) is 4.98 Å². The van der Waals surface area contributed by atoms with Crippen LogP contribution >= 0.6 is 0 Å². The molecule has 4 nitrogen and oxygen atoms in total. The highest BCUT2D eigenvalue weighted by Crippen LogP contribution is 2.15. The third kappa shape index (κ3) is 2.58. The summed E-state index contributed by atoms with van der Waals surface area (Å²) >= 11 is 0. The van der Waals surface area contributed by atoms with Crippen LogP contribution in [0.4, 0.5) is 0 Å². The van der Waals surface area contributed by atoms with Gasteiger partial charge in [-0.05, 0) is 26.7 Å². The number of nitrogens with one attached hydrogen (secondary N) is 2. The monoisotopic (exact) mass is 209 g/mol. The lowest BCUT2D eigenvalue weighted by Crippen LogP contribution is -2.36. The zero-order chi connectivity index (χ0) is 10.7. The minimum Gasteiger partial charge on any atom is -0.377 e. The molecule has 0 spiro atoms. The van der Waals surface area contributed by atoms with Crippen molar-refractivity contribution in [1.29, 1.82) is 0 Å². The molecule has 1 saturated heterocycles. The Hall–Kier alpha value is -0.870. The Morgan fingerprint density at radius 2 is 2.60 bits per heavy atom. The Kier molecular flexibility index (Phi) is 3.38. The first-order chi connectivity index (χ1) is 7.27. The van der Waals surface area contributed by atoms with E-state index in [4.69, 9.17) is 4.74 Å². The number of ether oxygens (including phenoxy) is 1. The fourth-order valence-corrected chi connectivity index (χ4v) is 1.95. The number of rotatable bonds is 4. The molecule has 4 heteroatoms. The van der Waals surface area contributed by atoms with Gasteiger partial charge in [-0.1, -0.05) is 0 Å². The molecule has 0 aromatic carbocycles. The summed E-state index contributed by atoms with van der Waals surface area (Å²) in [6.45, 7) is 5.95. The fourth-order valence-electron chi connectivity index (χ4n) is 1.95. The van der Waals surface area contributed by atoms with Crippen molar-refractivity contribution in [2.75, 3.05) is 6.61 Å². The highest BCUT2D eigenvalue weighted by molar-refractivity contribution is 5.08. The van der Waals surface area contributed by atoms with Crippen molar-refractivity contribution in [3.8, 4) is 0 Å². The van der Waals surface area contributed by atoms with Gasteiger partial charge in [0, 0.05) is 24.9 Å². The molecule has 2 rings (SSSR count). The van der Waals surface area contributed by atoms with Crippen molar-refractivity contribution < 1.29 is 4.74 Å². The molecule has 1 aromatic rings. The number of nitrogens with zero attached hydrogens (tertiary/aromatic N) is 1. The van der Waals surface area contributed by atoms with Crippen molar-refractivity contribution >= 4 is 0 Å². The Balaban J connectivity index is 1.80. The van der Waals surface area contributed by atoms with Crippen LogP contribution in [0, 0.1) is 6.92 Å². The third-order valence-electron chi connectivity index (χ3n) is 3.05. The molecule has 0 bridgehead atoms. The summed E-state index contributed by atoms with van der Waals surface area (Å²) in [4.78, 5) is 7.34. The maximum atomic E-state index is 5.62. The molecule has 0 radical (unpaired) electrons. The zero-order valence-electron chi connectivity index (χ0n) is 9.42. The van der Waals surface area contributed by atoms with E-state index in [9.17, 15) is 0 Å². The molecule has 15 heavy (non-hydrogen) atoms. The van der Waals surface area contributed by atoms with Crippen LogP contribution in [0.15, 0.2) is 6.33 Å². The minimum atomic E-state index is 0.379. The van der Waals surface area contributed by atoms with Crippen LogP contribution in [0.5, 0.6) is 0 Å². The van der Waals surface area contributed by atoms with Crippen LogP contribution in [0.1, 0.15) is 31.2 Å². The first-order valence-electron chi connectivity index (χ1n) is 5.61. The largest absolute Gasteiger partial charge is 0.377 e. The van der Waals surface area contributed by atoms with Crippen LogP contribution in [0.2, 0.25) is 0 Å². The van der Waals surface area contributed by atoms with Crippen LogP contribution in [-0.2, 0) is 11.3 Å². The number of H-pyrrole nitrogens is 1. The predicted molar refractivity (Wildman–Crippen MR) is 58.6 cm³/mol. The quantitative estimate of drug-likeness (QED) is 0.787. The van der Waals surface area contributed by atoms with Crippen molar-refractivity contribution in [3.05, 3.63) is 17.7 Å². The average molecular weight is 209 g/mol. The van der Waals surface area contributed by atoms with Crippen molar-refractivity contribution in [3.63, 3.8) is 0 Å². The van der Waals surface area contributed by atoms with Crippen LogP contribution in [-0.4, -0.2) is 28.7 Å². The molecule has 2 atom stereocenters. The number of hydrogen-bond acceptors (Lipinski definition) is 3. The lowest BCUT2D eigenvalue weighted by Gasteiger charge is -2.19. The van der Waals surface area contributed by atoms with E-state index in [1.165, 1.54) is 12.8 Å². The van der Waals surface area contributed by atoms with Crippen molar-refractivity contribution in [1.82, 2.24) is 15.3 Å². The topological polar surface area (TPSA) is 49.9 Å². The minimum absolute atomic E-state index is 0.379. The van der Waals surface area contributed by atoms with Gasteiger partial charge in [0.15, 0.2) is 0 Å². The summed E-state index contributed by atoms with van der Waals surface area (Å²) in [5, 5.41) is 3.46. The van der Waals surface area contributed by atoms with Gasteiger partial charge in [0.25, 0.3) is 0 Å². The van der Waals surface area contributed by atoms with Gasteiger partial charge in [-0.2, -0.15) is 0 Å². The summed E-state index contributed by atoms with van der Waals surface area (Å²) in [7, 11) is 0. The fraction of sp³-hybridized carbons (Fsp3) is 0.727. The number of hydrogen-bond donors (Lipinski definition) is 2. The standard InChI is InChI=1S/C11H19N3O/c1-8-10(14-7-13-8)6-12-9(2)11-4-3-5-15-11/h7,9,11-12H,3-6H2,1-2H3,(H,13,14). The Labute approximate surface area is 90.4 Å². The van der Waals surface area contributed by atoms with Crippen molar-refractivity contribution in [2.24, 2.45) is 0 Å². The van der Waals surface area contributed by atoms with Crippen LogP contribution in [0.3, 0.4) is 0 Å². The van der Waals surface area contributed by atoms with E-state index < -0.39 is 0 Å². The zero-order valence-corrected chi connectivity index (χ0v) is 9.42. The molecular formula is C11H19N3O. The molecule has 2 heterocycles. The van der Waals surface area contributed by atoms with Gasteiger partial charge in [0.05, 0.1) is 18.1 Å². The number of aromatic nitrogens is 2. The first-order valence-corrected chi connectivity index (χ1v) is 5.61. The van der Waals surface area contributed by atoms with E-state index in [2.05, 4.69) is 22.2 Å². The molecule has 84 valence electrons. The number of imidazole rings is 1. The SMILES string of the molecule is Cc1[nH]cnc1CNC(C)C1CCCO1. The predicted octanol–water partition coefficient (Wildman–Crippen LogP) is 1.38. The molecule has 2 unspecified atom stereocenters. The van der Waals surface area contributed by atoms with E-state index in [1.54, 1.807) is 6.33 Å². The van der Waals surface area contributed by atoms with Gasteiger partial charge in [0.2, 0.25) is 0 Å². The molecule has 2 N–H and O–H groups in total. The lowest BCUT2D eigenvalue weighted by molar-refractivity contribution is 0.0831. The molecular weight excluding hydrogens is 190 g/mol. The Morgan fingerprint density at radius 1 is 1.73 bits per heavy atom. The van der Waals surface area contributed by atoms with E-state index in [-0.39, 0.29) is 0 Å². The van der Waals surface area contributed by atoms with E-state index in [1.807, 2.05) is 6.92 Å². The van der Waals surface area contributed by atoms with Gasteiger partial charge >= 0.3 is 0 Å². The van der Waals surface area contributed by atoms with E-state index in [0.717, 1.165) is 24.5 Å². The lowest BCUT2D eigenvalue weighted by atomic mass is 10.1. The van der Waals surface area contributed by atoms with Gasteiger partial charge < -0.3 is 15.0 Å². The Bertz CT molecular complexity index is 305. The molecule has 1 aromatic heterocycles. The molecule has 1 fully saturated rings. The van der Waals surface area contributed by atoms with E-state index in [0.29, 0.717) is 12.1 Å². The van der Waals surface area contributed by atoms with Gasteiger partial charge in [0.1, 0.15) is 0 Å². The summed E-state index contributed by atoms with van der Waals surface area (Å²) in [5.74, 6) is 0. The first kappa shape index (κ1) is 10.6. The highest BCUT2D eigenvalue weighted by Gasteiger charge is 2.21. The summed E-state index contributed by atoms with van der Waals surface area (Å²) in [6, 6.07) is 0.406. The maximum absolute atomic E-state index is 5.62. The average Bonchev–Trinajstić information content (AvgIpc) is 2.85. The molecule has 1 aliphatic rings. The molecule has 0 amide bonds. The van der Waals surface area contributed by atoms with Crippen LogP contribution in [0.25, 0.3) is 0 Å². The molecule has 0 aliphatic carbocycles. The number of aryl methyl sites for hydroxylation is 1. The highest BCUT2D eigenvalue weighted by atomic mass is 16.5. The summed E-state index contributed by atoms with van der Waals surface area (Å²) in [6.07, 6.45) is 4.49. The molecule has 0 saturated carbocycles.